The van der Waals surface area contributed by atoms with Gasteiger partial charge in [-0.3, -0.25) is 10.1 Å². The third-order valence-corrected chi connectivity index (χ3v) is 4.20. The minimum atomic E-state index is -0.796. The number of benzene rings is 2. The number of non-ortho nitro benzene ring substituents is 1. The molecule has 0 saturated carbocycles. The zero-order chi connectivity index (χ0) is 20.4. The molecule has 0 aliphatic rings. The van der Waals surface area contributed by atoms with E-state index in [2.05, 4.69) is 15.2 Å². The highest BCUT2D eigenvalue weighted by atomic mass is 16.6. The van der Waals surface area contributed by atoms with Gasteiger partial charge in [0.15, 0.2) is 6.10 Å². The van der Waals surface area contributed by atoms with Crippen molar-refractivity contribution in [3.8, 4) is 11.5 Å². The van der Waals surface area contributed by atoms with Gasteiger partial charge in [-0.15, -0.1) is 10.2 Å². The van der Waals surface area contributed by atoms with Crippen molar-refractivity contribution in [2.24, 2.45) is 0 Å². The van der Waals surface area contributed by atoms with E-state index in [9.17, 15) is 14.9 Å². The van der Waals surface area contributed by atoms with E-state index >= 15 is 0 Å². The Labute approximate surface area is 164 Å². The van der Waals surface area contributed by atoms with Gasteiger partial charge in [-0.25, -0.2) is 9.78 Å². The molecule has 4 aromatic rings. The van der Waals surface area contributed by atoms with Crippen molar-refractivity contribution >= 4 is 22.6 Å². The molecule has 2 aromatic heterocycles. The number of nitro benzene ring substituents is 1. The van der Waals surface area contributed by atoms with Gasteiger partial charge in [0.2, 0.25) is 5.89 Å². The second-order valence-electron chi connectivity index (χ2n) is 6.19. The van der Waals surface area contributed by atoms with Crippen molar-refractivity contribution in [2.75, 3.05) is 0 Å². The number of hydrogen-bond acceptors (Lipinski definition) is 8. The Hall–Kier alpha value is -4.14. The average molecular weight is 390 g/mol. The van der Waals surface area contributed by atoms with E-state index in [1.807, 2.05) is 24.3 Å². The van der Waals surface area contributed by atoms with Crippen molar-refractivity contribution in [1.29, 1.82) is 0 Å². The maximum absolute atomic E-state index is 12.4. The number of fused-ring (bicyclic) bond motifs is 1. The third kappa shape index (κ3) is 3.79. The summed E-state index contributed by atoms with van der Waals surface area (Å²) in [6.07, 6.45) is -0.796. The van der Waals surface area contributed by atoms with Crippen molar-refractivity contribution < 1.29 is 18.9 Å². The zero-order valence-corrected chi connectivity index (χ0v) is 15.2. The largest absolute Gasteiger partial charge is 0.448 e. The summed E-state index contributed by atoms with van der Waals surface area (Å²) in [5.74, 6) is -0.340. The molecular weight excluding hydrogens is 376 g/mol. The second-order valence-corrected chi connectivity index (χ2v) is 6.19. The third-order valence-electron chi connectivity index (χ3n) is 4.20. The molecule has 0 bridgehead atoms. The first kappa shape index (κ1) is 18.2. The molecule has 0 radical (unpaired) electrons. The number of nitro groups is 1. The van der Waals surface area contributed by atoms with Crippen molar-refractivity contribution in [3.05, 3.63) is 82.4 Å². The van der Waals surface area contributed by atoms with Crippen LogP contribution in [0.1, 0.15) is 29.4 Å². The molecule has 29 heavy (non-hydrogen) atoms. The number of nitrogens with zero attached hydrogens (tertiary/aromatic N) is 4. The van der Waals surface area contributed by atoms with E-state index in [1.54, 1.807) is 19.1 Å². The first-order valence-electron chi connectivity index (χ1n) is 8.66. The fourth-order valence-electron chi connectivity index (χ4n) is 2.69. The lowest BCUT2D eigenvalue weighted by atomic mass is 10.2. The molecule has 9 heteroatoms. The summed E-state index contributed by atoms with van der Waals surface area (Å²) in [6.45, 7) is 1.60. The molecule has 2 heterocycles. The minimum absolute atomic E-state index is 0.0429. The lowest BCUT2D eigenvalue weighted by Gasteiger charge is -2.09. The van der Waals surface area contributed by atoms with Crippen LogP contribution >= 0.6 is 0 Å². The molecule has 0 aliphatic heterocycles. The molecule has 1 atom stereocenters. The quantitative estimate of drug-likeness (QED) is 0.283. The minimum Gasteiger partial charge on any atom is -0.448 e. The maximum Gasteiger partial charge on any atom is 0.357 e. The molecule has 0 aliphatic carbocycles. The Balaban J connectivity index is 1.48. The van der Waals surface area contributed by atoms with E-state index in [0.29, 0.717) is 11.1 Å². The molecule has 0 N–H and O–H groups in total. The van der Waals surface area contributed by atoms with Crippen molar-refractivity contribution in [1.82, 2.24) is 15.2 Å². The lowest BCUT2D eigenvalue weighted by Crippen LogP contribution is -2.11. The number of para-hydroxylation sites is 1. The summed E-state index contributed by atoms with van der Waals surface area (Å²) in [6, 6.07) is 16.5. The van der Waals surface area contributed by atoms with E-state index in [4.69, 9.17) is 9.15 Å². The number of carbonyl (C=O) groups is 1. The van der Waals surface area contributed by atoms with E-state index in [1.165, 1.54) is 24.3 Å². The smallest absolute Gasteiger partial charge is 0.357 e. The molecule has 0 amide bonds. The molecule has 0 saturated heterocycles. The first-order chi connectivity index (χ1) is 14.0. The van der Waals surface area contributed by atoms with Crippen LogP contribution in [-0.2, 0) is 4.74 Å². The van der Waals surface area contributed by atoms with Gasteiger partial charge in [-0.2, -0.15) is 0 Å². The fourth-order valence-corrected chi connectivity index (χ4v) is 2.69. The van der Waals surface area contributed by atoms with Crippen LogP contribution in [0, 0.1) is 10.1 Å². The van der Waals surface area contributed by atoms with Crippen LogP contribution in [0.25, 0.3) is 22.4 Å². The van der Waals surface area contributed by atoms with Gasteiger partial charge in [0.05, 0.1) is 10.4 Å². The van der Waals surface area contributed by atoms with Gasteiger partial charge in [-0.05, 0) is 31.2 Å². The normalized spacial score (nSPS) is 11.9. The number of esters is 1. The van der Waals surface area contributed by atoms with Gasteiger partial charge in [0.1, 0.15) is 5.69 Å². The molecule has 0 spiro atoms. The molecule has 0 fully saturated rings. The Kier molecular flexibility index (Phi) is 4.70. The molecular formula is C20H14N4O5. The van der Waals surface area contributed by atoms with E-state index in [-0.39, 0.29) is 23.2 Å². The molecule has 2 aromatic carbocycles. The van der Waals surface area contributed by atoms with Crippen LogP contribution in [0.4, 0.5) is 5.69 Å². The number of rotatable bonds is 5. The highest BCUT2D eigenvalue weighted by Crippen LogP contribution is 2.25. The predicted molar refractivity (Wildman–Crippen MR) is 102 cm³/mol. The average Bonchev–Trinajstić information content (AvgIpc) is 3.24. The van der Waals surface area contributed by atoms with Crippen LogP contribution in [0.5, 0.6) is 0 Å². The summed E-state index contributed by atoms with van der Waals surface area (Å²) in [4.78, 5) is 27.0. The number of pyridine rings is 1. The summed E-state index contributed by atoms with van der Waals surface area (Å²) >= 11 is 0. The SMILES string of the molecule is C[C@H](OC(=O)c1ccc2ccccc2n1)c1nnc(-c2ccc([N+](=O)[O-])cc2)o1. The van der Waals surface area contributed by atoms with Crippen molar-refractivity contribution in [3.63, 3.8) is 0 Å². The standard InChI is InChI=1S/C20H14N4O5/c1-12(28-20(25)17-11-8-13-4-2-3-5-16(13)21-17)18-22-23-19(29-18)14-6-9-15(10-7-14)24(26)27/h2-12H,1H3/t12-/m0/s1. The van der Waals surface area contributed by atoms with Gasteiger partial charge in [0, 0.05) is 23.1 Å². The van der Waals surface area contributed by atoms with Crippen LogP contribution in [0.2, 0.25) is 0 Å². The highest BCUT2D eigenvalue weighted by Gasteiger charge is 2.21. The number of ether oxygens (including phenoxy) is 1. The van der Waals surface area contributed by atoms with Crippen LogP contribution in [-0.4, -0.2) is 26.1 Å². The Bertz CT molecular complexity index is 1200. The second kappa shape index (κ2) is 7.47. The summed E-state index contributed by atoms with van der Waals surface area (Å²) in [5.41, 5.74) is 1.33. The predicted octanol–water partition coefficient (Wildman–Crippen LogP) is 4.11. The summed E-state index contributed by atoms with van der Waals surface area (Å²) in [5, 5.41) is 19.5. The fraction of sp³-hybridized carbons (Fsp3) is 0.100. The summed E-state index contributed by atoms with van der Waals surface area (Å²) < 4.78 is 10.9. The maximum atomic E-state index is 12.4. The Morgan fingerprint density at radius 1 is 1.07 bits per heavy atom. The molecule has 4 rings (SSSR count). The van der Waals surface area contributed by atoms with Gasteiger partial charge in [0.25, 0.3) is 11.6 Å². The van der Waals surface area contributed by atoms with E-state index in [0.717, 1.165) is 5.39 Å². The Morgan fingerprint density at radius 2 is 1.83 bits per heavy atom. The van der Waals surface area contributed by atoms with Gasteiger partial charge >= 0.3 is 5.97 Å². The first-order valence-corrected chi connectivity index (χ1v) is 8.66. The topological polar surface area (TPSA) is 121 Å². The van der Waals surface area contributed by atoms with Gasteiger partial charge in [-0.1, -0.05) is 24.3 Å². The number of aromatic nitrogens is 3. The lowest BCUT2D eigenvalue weighted by molar-refractivity contribution is -0.384. The summed E-state index contributed by atoms with van der Waals surface area (Å²) in [7, 11) is 0. The van der Waals surface area contributed by atoms with Crippen LogP contribution < -0.4 is 0 Å². The van der Waals surface area contributed by atoms with Crippen molar-refractivity contribution in [2.45, 2.75) is 13.0 Å². The monoisotopic (exact) mass is 390 g/mol. The van der Waals surface area contributed by atoms with Gasteiger partial charge < -0.3 is 9.15 Å². The molecule has 0 unspecified atom stereocenters. The van der Waals surface area contributed by atoms with Crippen LogP contribution in [0.15, 0.2) is 65.1 Å². The zero-order valence-electron chi connectivity index (χ0n) is 15.2. The number of carbonyl (C=O) groups excluding carboxylic acids is 1. The molecule has 9 nitrogen and oxygen atoms in total. The highest BCUT2D eigenvalue weighted by molar-refractivity contribution is 5.91. The molecule has 144 valence electrons. The number of hydrogen-bond donors (Lipinski definition) is 0. The van der Waals surface area contributed by atoms with E-state index < -0.39 is 17.0 Å². The Morgan fingerprint density at radius 3 is 2.59 bits per heavy atom. The van der Waals surface area contributed by atoms with Crippen LogP contribution in [0.3, 0.4) is 0 Å².